The van der Waals surface area contributed by atoms with Gasteiger partial charge >= 0.3 is 6.18 Å². The van der Waals surface area contributed by atoms with Gasteiger partial charge in [0.1, 0.15) is 0 Å². The molecule has 2 aliphatic heterocycles. The molecule has 1 fully saturated rings. The number of hydrazone groups is 1. The number of hydrogen-bond donors (Lipinski definition) is 0. The van der Waals surface area contributed by atoms with Crippen LogP contribution in [0.2, 0.25) is 0 Å². The van der Waals surface area contributed by atoms with Crippen molar-refractivity contribution in [1.29, 1.82) is 0 Å². The van der Waals surface area contributed by atoms with Crippen LogP contribution in [0.15, 0.2) is 40.6 Å². The number of nitrogens with zero attached hydrogens (tertiary/aromatic N) is 4. The minimum Gasteiger partial charge on any atom is -0.378 e. The molecule has 2 aromatic rings. The van der Waals surface area contributed by atoms with Crippen LogP contribution in [0, 0.1) is 0 Å². The maximum Gasteiger partial charge on any atom is 0.436 e. The summed E-state index contributed by atoms with van der Waals surface area (Å²) in [6, 6.07) is 7.13. The van der Waals surface area contributed by atoms with E-state index in [0.717, 1.165) is 21.0 Å². The SMILES string of the molecule is CCC(=C1C(=O)N(c2nc3ccccc3s2)N=C1C(F)(F)F)N1CCOCC1. The van der Waals surface area contributed by atoms with Gasteiger partial charge in [-0.3, -0.25) is 4.79 Å². The molecule has 1 aromatic heterocycles. The lowest BCUT2D eigenvalue weighted by molar-refractivity contribution is -0.114. The normalized spacial score (nSPS) is 20.1. The van der Waals surface area contributed by atoms with E-state index in [4.69, 9.17) is 4.74 Å². The highest BCUT2D eigenvalue weighted by Gasteiger charge is 2.49. The van der Waals surface area contributed by atoms with Gasteiger partial charge in [0.25, 0.3) is 5.91 Å². The summed E-state index contributed by atoms with van der Waals surface area (Å²) in [6.07, 6.45) is -4.47. The van der Waals surface area contributed by atoms with E-state index in [9.17, 15) is 18.0 Å². The fraction of sp³-hybridized carbons (Fsp3) is 0.389. The number of amides is 1. The Kier molecular flexibility index (Phi) is 4.84. The smallest absolute Gasteiger partial charge is 0.378 e. The Morgan fingerprint density at radius 3 is 2.61 bits per heavy atom. The van der Waals surface area contributed by atoms with Gasteiger partial charge in [0.15, 0.2) is 5.71 Å². The molecule has 28 heavy (non-hydrogen) atoms. The fourth-order valence-electron chi connectivity index (χ4n) is 3.33. The maximum atomic E-state index is 13.7. The summed E-state index contributed by atoms with van der Waals surface area (Å²) < 4.78 is 47.3. The second-order valence-corrected chi connectivity index (χ2v) is 7.31. The zero-order valence-corrected chi connectivity index (χ0v) is 15.8. The van der Waals surface area contributed by atoms with E-state index in [0.29, 0.717) is 37.5 Å². The van der Waals surface area contributed by atoms with E-state index in [1.807, 2.05) is 0 Å². The first-order valence-corrected chi connectivity index (χ1v) is 9.64. The van der Waals surface area contributed by atoms with Crippen molar-refractivity contribution in [2.45, 2.75) is 19.5 Å². The van der Waals surface area contributed by atoms with Gasteiger partial charge in [-0.25, -0.2) is 4.98 Å². The van der Waals surface area contributed by atoms with Gasteiger partial charge in [0.05, 0.1) is 29.0 Å². The number of thiazole rings is 1. The van der Waals surface area contributed by atoms with Crippen molar-refractivity contribution in [2.24, 2.45) is 5.10 Å². The Morgan fingerprint density at radius 2 is 1.96 bits per heavy atom. The maximum absolute atomic E-state index is 13.7. The number of alkyl halides is 3. The zero-order chi connectivity index (χ0) is 19.9. The van der Waals surface area contributed by atoms with Gasteiger partial charge in [-0.2, -0.15) is 23.3 Å². The lowest BCUT2D eigenvalue weighted by Crippen LogP contribution is -2.38. The number of ether oxygens (including phenoxy) is 1. The van der Waals surface area contributed by atoms with Gasteiger partial charge in [-0.1, -0.05) is 30.4 Å². The first-order chi connectivity index (χ1) is 13.4. The topological polar surface area (TPSA) is 58.0 Å². The minimum atomic E-state index is -4.75. The van der Waals surface area contributed by atoms with Crippen LogP contribution < -0.4 is 5.01 Å². The van der Waals surface area contributed by atoms with Crippen LogP contribution in [0.25, 0.3) is 10.2 Å². The molecular formula is C18H17F3N4O2S. The highest BCUT2D eigenvalue weighted by Crippen LogP contribution is 2.37. The van der Waals surface area contributed by atoms with Crippen LogP contribution in [-0.2, 0) is 9.53 Å². The van der Waals surface area contributed by atoms with Gasteiger partial charge in [0.2, 0.25) is 5.13 Å². The molecule has 0 atom stereocenters. The van der Waals surface area contributed by atoms with Crippen molar-refractivity contribution < 1.29 is 22.7 Å². The molecule has 3 heterocycles. The molecule has 2 aliphatic rings. The molecule has 0 bridgehead atoms. The van der Waals surface area contributed by atoms with Crippen LogP contribution in [0.1, 0.15) is 13.3 Å². The van der Waals surface area contributed by atoms with E-state index in [1.165, 1.54) is 0 Å². The van der Waals surface area contributed by atoms with Crippen LogP contribution in [0.5, 0.6) is 0 Å². The summed E-state index contributed by atoms with van der Waals surface area (Å²) in [7, 11) is 0. The third-order valence-corrected chi connectivity index (χ3v) is 5.60. The number of benzene rings is 1. The summed E-state index contributed by atoms with van der Waals surface area (Å²) in [5, 5.41) is 4.56. The summed E-state index contributed by atoms with van der Waals surface area (Å²) in [6.45, 7) is 3.42. The predicted molar refractivity (Wildman–Crippen MR) is 100 cm³/mol. The average Bonchev–Trinajstić information content (AvgIpc) is 3.25. The number of morpholine rings is 1. The summed E-state index contributed by atoms with van der Waals surface area (Å²) >= 11 is 1.13. The molecule has 0 saturated carbocycles. The van der Waals surface area contributed by atoms with Crippen molar-refractivity contribution >= 4 is 38.3 Å². The number of rotatable bonds is 3. The average molecular weight is 410 g/mol. The molecule has 0 N–H and O–H groups in total. The van der Waals surface area contributed by atoms with Crippen molar-refractivity contribution in [1.82, 2.24) is 9.88 Å². The standard InChI is InChI=1S/C18H17F3N4O2S/c1-2-12(24-7-9-27-10-8-24)14-15(18(19,20)21)23-25(16(14)26)17-22-11-5-3-4-6-13(11)28-17/h3-6H,2,7-10H2,1H3. The number of hydrogen-bond acceptors (Lipinski definition) is 6. The molecule has 148 valence electrons. The second kappa shape index (κ2) is 7.17. The largest absolute Gasteiger partial charge is 0.436 e. The van der Waals surface area contributed by atoms with Crippen molar-refractivity contribution in [3.63, 3.8) is 0 Å². The number of carbonyl (C=O) groups excluding carboxylic acids is 1. The molecular weight excluding hydrogens is 393 g/mol. The molecule has 4 rings (SSSR count). The molecule has 1 saturated heterocycles. The number of carbonyl (C=O) groups is 1. The Balaban J connectivity index is 1.81. The molecule has 1 amide bonds. The van der Waals surface area contributed by atoms with Crippen LogP contribution in [-0.4, -0.2) is 54.0 Å². The van der Waals surface area contributed by atoms with Crippen molar-refractivity contribution in [2.75, 3.05) is 31.3 Å². The number of fused-ring (bicyclic) bond motifs is 1. The highest BCUT2D eigenvalue weighted by molar-refractivity contribution is 7.22. The highest BCUT2D eigenvalue weighted by atomic mass is 32.1. The number of halogens is 3. The van der Waals surface area contributed by atoms with Crippen LogP contribution in [0.4, 0.5) is 18.3 Å². The zero-order valence-electron chi connectivity index (χ0n) is 15.0. The number of aromatic nitrogens is 1. The van der Waals surface area contributed by atoms with Gasteiger partial charge in [-0.05, 0) is 18.6 Å². The lowest BCUT2D eigenvalue weighted by Gasteiger charge is -2.31. The molecule has 6 nitrogen and oxygen atoms in total. The lowest BCUT2D eigenvalue weighted by atomic mass is 10.0. The first-order valence-electron chi connectivity index (χ1n) is 8.82. The Labute approximate surface area is 162 Å². The Morgan fingerprint density at radius 1 is 1.25 bits per heavy atom. The summed E-state index contributed by atoms with van der Waals surface area (Å²) in [4.78, 5) is 19.1. The quantitative estimate of drug-likeness (QED) is 0.726. The van der Waals surface area contributed by atoms with Gasteiger partial charge < -0.3 is 9.64 Å². The third-order valence-electron chi connectivity index (χ3n) is 4.59. The Hall–Kier alpha value is -2.46. The molecule has 0 spiro atoms. The Bertz CT molecular complexity index is 944. The molecule has 0 radical (unpaired) electrons. The van der Waals surface area contributed by atoms with Crippen LogP contribution in [0.3, 0.4) is 0 Å². The monoisotopic (exact) mass is 410 g/mol. The predicted octanol–water partition coefficient (Wildman–Crippen LogP) is 3.56. The molecule has 0 aliphatic carbocycles. The van der Waals surface area contributed by atoms with Gasteiger partial charge in [0, 0.05) is 18.8 Å². The van der Waals surface area contributed by atoms with E-state index >= 15 is 0 Å². The number of allylic oxidation sites excluding steroid dienone is 1. The first kappa shape index (κ1) is 18.9. The van der Waals surface area contributed by atoms with Crippen LogP contribution >= 0.6 is 11.3 Å². The van der Waals surface area contributed by atoms with E-state index in [2.05, 4.69) is 10.1 Å². The van der Waals surface area contributed by atoms with E-state index in [1.54, 1.807) is 36.1 Å². The number of para-hydroxylation sites is 1. The summed E-state index contributed by atoms with van der Waals surface area (Å²) in [5.74, 6) is -0.797. The van der Waals surface area contributed by atoms with Crippen molar-refractivity contribution in [3.05, 3.63) is 35.5 Å². The molecule has 0 unspecified atom stereocenters. The van der Waals surface area contributed by atoms with E-state index in [-0.39, 0.29) is 11.6 Å². The third kappa shape index (κ3) is 3.26. The molecule has 10 heteroatoms. The second-order valence-electron chi connectivity index (χ2n) is 6.30. The number of anilines is 1. The van der Waals surface area contributed by atoms with Gasteiger partial charge in [-0.15, -0.1) is 0 Å². The summed E-state index contributed by atoms with van der Waals surface area (Å²) in [5.41, 5.74) is -0.607. The van der Waals surface area contributed by atoms with Crippen molar-refractivity contribution in [3.8, 4) is 0 Å². The molecule has 1 aromatic carbocycles. The fourth-order valence-corrected chi connectivity index (χ4v) is 4.25. The van der Waals surface area contributed by atoms with E-state index < -0.39 is 23.4 Å². The minimum absolute atomic E-state index is 0.125.